The zero-order chi connectivity index (χ0) is 11.7. The average molecular weight is 264 g/mol. The van der Waals surface area contributed by atoms with Gasteiger partial charge in [0.25, 0.3) is 0 Å². The molecule has 3 rings (SSSR count). The average Bonchev–Trinajstić information content (AvgIpc) is 2.99. The first-order valence-electron chi connectivity index (χ1n) is 5.90. The minimum atomic E-state index is 0.384. The number of fused-ring (bicyclic) bond motifs is 1. The molecule has 0 aromatic carbocycles. The molecular formula is C13H16N2S2. The zero-order valence-corrected chi connectivity index (χ0v) is 11.3. The number of hydrogen-bond donors (Lipinski definition) is 1. The fourth-order valence-electron chi connectivity index (χ4n) is 2.50. The maximum atomic E-state index is 5.96. The monoisotopic (exact) mass is 264 g/mol. The Bertz CT molecular complexity index is 475. The quantitative estimate of drug-likeness (QED) is 0.923. The second kappa shape index (κ2) is 4.90. The highest BCUT2D eigenvalue weighted by Gasteiger charge is 2.24. The van der Waals surface area contributed by atoms with E-state index in [1.54, 1.807) is 16.2 Å². The van der Waals surface area contributed by atoms with Gasteiger partial charge in [-0.2, -0.15) is 11.3 Å². The molecule has 90 valence electrons. The minimum absolute atomic E-state index is 0.384. The van der Waals surface area contributed by atoms with Crippen LogP contribution in [0.2, 0.25) is 0 Å². The molecule has 0 radical (unpaired) electrons. The van der Waals surface area contributed by atoms with Crippen molar-refractivity contribution in [2.75, 3.05) is 13.1 Å². The fourth-order valence-corrected chi connectivity index (χ4v) is 4.09. The van der Waals surface area contributed by atoms with Crippen LogP contribution in [-0.4, -0.2) is 18.0 Å². The Morgan fingerprint density at radius 2 is 2.29 bits per heavy atom. The van der Waals surface area contributed by atoms with E-state index in [2.05, 4.69) is 33.2 Å². The van der Waals surface area contributed by atoms with Crippen molar-refractivity contribution >= 4 is 22.7 Å². The lowest BCUT2D eigenvalue weighted by atomic mass is 10.0. The molecule has 0 spiro atoms. The minimum Gasteiger partial charge on any atom is -0.329 e. The van der Waals surface area contributed by atoms with Crippen molar-refractivity contribution in [1.29, 1.82) is 0 Å². The Balaban J connectivity index is 1.81. The molecule has 0 bridgehead atoms. The van der Waals surface area contributed by atoms with Crippen molar-refractivity contribution in [3.8, 4) is 0 Å². The van der Waals surface area contributed by atoms with Crippen LogP contribution in [0.1, 0.15) is 22.0 Å². The second-order valence-corrected chi connectivity index (χ2v) is 6.18. The first-order valence-corrected chi connectivity index (χ1v) is 7.72. The molecule has 0 fully saturated rings. The molecule has 2 aromatic rings. The first-order chi connectivity index (χ1) is 8.38. The van der Waals surface area contributed by atoms with Crippen LogP contribution in [-0.2, 0) is 13.0 Å². The maximum absolute atomic E-state index is 5.96. The van der Waals surface area contributed by atoms with E-state index < -0.39 is 0 Å². The lowest BCUT2D eigenvalue weighted by Gasteiger charge is -2.33. The normalized spacial score (nSPS) is 17.9. The van der Waals surface area contributed by atoms with Gasteiger partial charge < -0.3 is 5.73 Å². The predicted octanol–water partition coefficient (Wildman–Crippen LogP) is 2.87. The Labute approximate surface area is 110 Å². The molecule has 1 aliphatic rings. The summed E-state index contributed by atoms with van der Waals surface area (Å²) in [6.07, 6.45) is 1.17. The van der Waals surface area contributed by atoms with Crippen molar-refractivity contribution in [3.63, 3.8) is 0 Å². The highest BCUT2D eigenvalue weighted by atomic mass is 32.1. The van der Waals surface area contributed by atoms with Gasteiger partial charge in [0.05, 0.1) is 0 Å². The lowest BCUT2D eigenvalue weighted by molar-refractivity contribution is 0.185. The van der Waals surface area contributed by atoms with Crippen LogP contribution in [0.3, 0.4) is 0 Å². The standard InChI is InChI=1S/C13H16N2S2/c14-7-12(11-2-5-16-9-11)15-4-1-13-10(8-15)3-6-17-13/h2-3,5-6,9,12H,1,4,7-8,14H2. The van der Waals surface area contributed by atoms with Crippen LogP contribution in [0, 0.1) is 0 Å². The Morgan fingerprint density at radius 1 is 1.35 bits per heavy atom. The van der Waals surface area contributed by atoms with E-state index in [-0.39, 0.29) is 0 Å². The van der Waals surface area contributed by atoms with E-state index in [0.717, 1.165) is 13.1 Å². The second-order valence-electron chi connectivity index (χ2n) is 4.40. The highest BCUT2D eigenvalue weighted by molar-refractivity contribution is 7.10. The molecule has 0 amide bonds. The molecule has 1 atom stereocenters. The van der Waals surface area contributed by atoms with Gasteiger partial charge in [0, 0.05) is 30.6 Å². The number of thiophene rings is 2. The van der Waals surface area contributed by atoms with E-state index in [1.807, 2.05) is 11.3 Å². The molecule has 0 saturated carbocycles. The van der Waals surface area contributed by atoms with Crippen LogP contribution in [0.25, 0.3) is 0 Å². The third kappa shape index (κ3) is 2.18. The van der Waals surface area contributed by atoms with Crippen LogP contribution in [0.5, 0.6) is 0 Å². The predicted molar refractivity (Wildman–Crippen MR) is 74.5 cm³/mol. The summed E-state index contributed by atoms with van der Waals surface area (Å²) in [6, 6.07) is 4.84. The summed E-state index contributed by atoms with van der Waals surface area (Å²) in [5, 5.41) is 6.56. The Kier molecular flexibility index (Phi) is 3.29. The van der Waals surface area contributed by atoms with E-state index in [9.17, 15) is 0 Å². The van der Waals surface area contributed by atoms with E-state index in [1.165, 1.54) is 17.5 Å². The molecule has 2 aromatic heterocycles. The van der Waals surface area contributed by atoms with Gasteiger partial charge in [-0.25, -0.2) is 0 Å². The Hall–Kier alpha value is -0.680. The molecule has 4 heteroatoms. The number of nitrogens with zero attached hydrogens (tertiary/aromatic N) is 1. The number of hydrogen-bond acceptors (Lipinski definition) is 4. The molecule has 1 unspecified atom stereocenters. The van der Waals surface area contributed by atoms with E-state index >= 15 is 0 Å². The summed E-state index contributed by atoms with van der Waals surface area (Å²) in [7, 11) is 0. The highest BCUT2D eigenvalue weighted by Crippen LogP contribution is 2.30. The van der Waals surface area contributed by atoms with Gasteiger partial charge in [-0.3, -0.25) is 4.90 Å². The topological polar surface area (TPSA) is 29.3 Å². The van der Waals surface area contributed by atoms with Crippen LogP contribution in [0.15, 0.2) is 28.3 Å². The smallest absolute Gasteiger partial charge is 0.0482 e. The summed E-state index contributed by atoms with van der Waals surface area (Å²) >= 11 is 3.64. The summed E-state index contributed by atoms with van der Waals surface area (Å²) in [6.45, 7) is 2.89. The van der Waals surface area contributed by atoms with Gasteiger partial charge in [-0.05, 0) is 45.8 Å². The lowest BCUT2D eigenvalue weighted by Crippen LogP contribution is -2.37. The fraction of sp³-hybridized carbons (Fsp3) is 0.385. The van der Waals surface area contributed by atoms with Gasteiger partial charge >= 0.3 is 0 Å². The summed E-state index contributed by atoms with van der Waals surface area (Å²) in [4.78, 5) is 4.07. The zero-order valence-electron chi connectivity index (χ0n) is 9.63. The third-order valence-electron chi connectivity index (χ3n) is 3.43. The molecule has 1 aliphatic heterocycles. The van der Waals surface area contributed by atoms with Crippen molar-refractivity contribution in [1.82, 2.24) is 4.90 Å². The van der Waals surface area contributed by atoms with Gasteiger partial charge in [0.1, 0.15) is 0 Å². The SMILES string of the molecule is NCC(c1ccsc1)N1CCc2sccc2C1. The van der Waals surface area contributed by atoms with Crippen LogP contribution in [0.4, 0.5) is 0 Å². The molecular weight excluding hydrogens is 248 g/mol. The van der Waals surface area contributed by atoms with E-state index in [4.69, 9.17) is 5.73 Å². The van der Waals surface area contributed by atoms with Crippen molar-refractivity contribution in [2.24, 2.45) is 5.73 Å². The van der Waals surface area contributed by atoms with Crippen LogP contribution < -0.4 is 5.73 Å². The number of rotatable bonds is 3. The van der Waals surface area contributed by atoms with E-state index in [0.29, 0.717) is 12.6 Å². The molecule has 17 heavy (non-hydrogen) atoms. The maximum Gasteiger partial charge on any atom is 0.0482 e. The summed E-state index contributed by atoms with van der Waals surface area (Å²) < 4.78 is 0. The first kappa shape index (κ1) is 11.4. The Morgan fingerprint density at radius 3 is 3.06 bits per heavy atom. The number of nitrogens with two attached hydrogens (primary N) is 1. The van der Waals surface area contributed by atoms with Gasteiger partial charge in [-0.1, -0.05) is 0 Å². The third-order valence-corrected chi connectivity index (χ3v) is 5.15. The van der Waals surface area contributed by atoms with Crippen LogP contribution >= 0.6 is 22.7 Å². The summed E-state index contributed by atoms with van der Waals surface area (Å²) in [5.41, 5.74) is 8.82. The largest absolute Gasteiger partial charge is 0.329 e. The van der Waals surface area contributed by atoms with Crippen molar-refractivity contribution in [2.45, 2.75) is 19.0 Å². The molecule has 3 heterocycles. The molecule has 2 nitrogen and oxygen atoms in total. The van der Waals surface area contributed by atoms with Gasteiger partial charge in [-0.15, -0.1) is 11.3 Å². The molecule has 0 saturated heterocycles. The van der Waals surface area contributed by atoms with Crippen molar-refractivity contribution < 1.29 is 0 Å². The van der Waals surface area contributed by atoms with Crippen molar-refractivity contribution in [3.05, 3.63) is 44.3 Å². The van der Waals surface area contributed by atoms with Gasteiger partial charge in [0.2, 0.25) is 0 Å². The summed E-state index contributed by atoms with van der Waals surface area (Å²) in [5.74, 6) is 0. The molecule has 2 N–H and O–H groups in total. The molecule has 0 aliphatic carbocycles. The van der Waals surface area contributed by atoms with Gasteiger partial charge in [0.15, 0.2) is 0 Å².